The van der Waals surface area contributed by atoms with Crippen molar-refractivity contribution in [3.05, 3.63) is 33.4 Å². The normalized spacial score (nSPS) is 10.5. The lowest BCUT2D eigenvalue weighted by Gasteiger charge is -2.07. The van der Waals surface area contributed by atoms with E-state index in [1.54, 1.807) is 0 Å². The summed E-state index contributed by atoms with van der Waals surface area (Å²) in [6.45, 7) is 5.16. The third-order valence-corrected chi connectivity index (χ3v) is 3.30. The number of hydrogen-bond donors (Lipinski definition) is 1. The molecule has 0 atom stereocenters. The molecule has 1 rings (SSSR count). The Hall–Kier alpha value is -0.580. The average molecular weight is 331 g/mol. The topological polar surface area (TPSA) is 29.1 Å². The highest BCUT2D eigenvalue weighted by Crippen LogP contribution is 2.11. The van der Waals surface area contributed by atoms with Gasteiger partial charge in [0.2, 0.25) is 0 Å². The zero-order valence-corrected chi connectivity index (χ0v) is 12.0. The summed E-state index contributed by atoms with van der Waals surface area (Å²) in [7, 11) is 0. The molecule has 2 nitrogen and oxygen atoms in total. The molecular weight excluding hydrogens is 313 g/mol. The first-order valence-electron chi connectivity index (χ1n) is 5.64. The van der Waals surface area contributed by atoms with Gasteiger partial charge in [0.25, 0.3) is 5.91 Å². The highest BCUT2D eigenvalue weighted by atomic mass is 127. The molecule has 0 aliphatic carbocycles. The van der Waals surface area contributed by atoms with Crippen molar-refractivity contribution in [2.75, 3.05) is 6.54 Å². The van der Waals surface area contributed by atoms with Gasteiger partial charge in [-0.3, -0.25) is 4.79 Å². The van der Waals surface area contributed by atoms with E-state index in [4.69, 9.17) is 0 Å². The summed E-state index contributed by atoms with van der Waals surface area (Å²) in [6, 6.07) is 7.64. The molecule has 1 aromatic carbocycles. The van der Waals surface area contributed by atoms with Crippen molar-refractivity contribution in [3.8, 4) is 0 Å². The van der Waals surface area contributed by atoms with E-state index in [0.29, 0.717) is 5.92 Å². The van der Waals surface area contributed by atoms with E-state index in [9.17, 15) is 4.79 Å². The summed E-state index contributed by atoms with van der Waals surface area (Å²) in [6.07, 6.45) is 2.21. The number of halogens is 1. The molecule has 0 aliphatic heterocycles. The van der Waals surface area contributed by atoms with Gasteiger partial charge >= 0.3 is 0 Å². The summed E-state index contributed by atoms with van der Waals surface area (Å²) in [5, 5.41) is 2.95. The lowest BCUT2D eigenvalue weighted by molar-refractivity contribution is 0.0951. The van der Waals surface area contributed by atoms with Gasteiger partial charge in [-0.1, -0.05) is 26.0 Å². The number of carbonyl (C=O) groups is 1. The number of nitrogens with one attached hydrogen (secondary N) is 1. The standard InChI is InChI=1S/C13H18INO/c1-10(2)6-5-9-15-13(16)11-7-3-4-8-12(11)14/h3-4,7-8,10H,5-6,9H2,1-2H3,(H,15,16). The fraction of sp³-hybridized carbons (Fsp3) is 0.462. The molecule has 0 spiro atoms. The zero-order valence-electron chi connectivity index (χ0n) is 9.79. The first kappa shape index (κ1) is 13.5. The summed E-state index contributed by atoms with van der Waals surface area (Å²) in [4.78, 5) is 11.8. The minimum absolute atomic E-state index is 0.0359. The maximum Gasteiger partial charge on any atom is 0.252 e. The van der Waals surface area contributed by atoms with E-state index in [2.05, 4.69) is 41.8 Å². The molecule has 1 amide bonds. The molecule has 0 fully saturated rings. The highest BCUT2D eigenvalue weighted by Gasteiger charge is 2.07. The van der Waals surface area contributed by atoms with Crippen LogP contribution in [0.15, 0.2) is 24.3 Å². The van der Waals surface area contributed by atoms with Crippen molar-refractivity contribution in [3.63, 3.8) is 0 Å². The minimum Gasteiger partial charge on any atom is -0.352 e. The zero-order chi connectivity index (χ0) is 12.0. The molecule has 0 radical (unpaired) electrons. The number of hydrogen-bond acceptors (Lipinski definition) is 1. The van der Waals surface area contributed by atoms with Gasteiger partial charge in [-0.25, -0.2) is 0 Å². The maximum absolute atomic E-state index is 11.8. The van der Waals surface area contributed by atoms with Gasteiger partial charge in [-0.15, -0.1) is 0 Å². The lowest BCUT2D eigenvalue weighted by atomic mass is 10.1. The molecule has 3 heteroatoms. The quantitative estimate of drug-likeness (QED) is 0.650. The second-order valence-electron chi connectivity index (χ2n) is 4.27. The van der Waals surface area contributed by atoms with Crippen LogP contribution in [-0.2, 0) is 0 Å². The second kappa shape index (κ2) is 6.89. The minimum atomic E-state index is 0.0359. The van der Waals surface area contributed by atoms with Crippen LogP contribution in [0.5, 0.6) is 0 Å². The Morgan fingerprint density at radius 2 is 2.06 bits per heavy atom. The van der Waals surface area contributed by atoms with E-state index in [-0.39, 0.29) is 5.91 Å². The van der Waals surface area contributed by atoms with Crippen LogP contribution in [0.4, 0.5) is 0 Å². The Bertz CT molecular complexity index is 350. The van der Waals surface area contributed by atoms with Crippen molar-refractivity contribution >= 4 is 28.5 Å². The molecule has 0 saturated carbocycles. The third-order valence-electron chi connectivity index (χ3n) is 2.36. The summed E-state index contributed by atoms with van der Waals surface area (Å²) in [5.74, 6) is 0.738. The molecule has 16 heavy (non-hydrogen) atoms. The first-order valence-corrected chi connectivity index (χ1v) is 6.72. The van der Waals surface area contributed by atoms with Gasteiger partial charge in [-0.05, 0) is 53.5 Å². The fourth-order valence-corrected chi connectivity index (χ4v) is 2.09. The Labute approximate surface area is 111 Å². The van der Waals surface area contributed by atoms with Crippen LogP contribution in [0.1, 0.15) is 37.0 Å². The molecule has 1 N–H and O–H groups in total. The van der Waals surface area contributed by atoms with Crippen molar-refractivity contribution < 1.29 is 4.79 Å². The van der Waals surface area contributed by atoms with Crippen molar-refractivity contribution in [2.24, 2.45) is 5.92 Å². The maximum atomic E-state index is 11.8. The second-order valence-corrected chi connectivity index (χ2v) is 5.43. The predicted molar refractivity (Wildman–Crippen MR) is 75.6 cm³/mol. The van der Waals surface area contributed by atoms with Gasteiger partial charge in [0.05, 0.1) is 5.56 Å². The van der Waals surface area contributed by atoms with Gasteiger partial charge in [-0.2, -0.15) is 0 Å². The van der Waals surface area contributed by atoms with E-state index < -0.39 is 0 Å². The van der Waals surface area contributed by atoms with Crippen LogP contribution in [0.25, 0.3) is 0 Å². The molecule has 0 aromatic heterocycles. The Morgan fingerprint density at radius 1 is 1.38 bits per heavy atom. The van der Waals surface area contributed by atoms with Gasteiger partial charge < -0.3 is 5.32 Å². The first-order chi connectivity index (χ1) is 7.61. The average Bonchev–Trinajstić information content (AvgIpc) is 2.24. The van der Waals surface area contributed by atoms with Crippen LogP contribution < -0.4 is 5.32 Å². The van der Waals surface area contributed by atoms with E-state index in [1.165, 1.54) is 0 Å². The van der Waals surface area contributed by atoms with E-state index >= 15 is 0 Å². The molecule has 0 aliphatic rings. The van der Waals surface area contributed by atoms with Gasteiger partial charge in [0.1, 0.15) is 0 Å². The van der Waals surface area contributed by atoms with E-state index in [0.717, 1.165) is 28.5 Å². The van der Waals surface area contributed by atoms with Crippen LogP contribution >= 0.6 is 22.6 Å². The third kappa shape index (κ3) is 4.51. The van der Waals surface area contributed by atoms with Crippen LogP contribution in [0, 0.1) is 9.49 Å². The summed E-state index contributed by atoms with van der Waals surface area (Å²) in [5.41, 5.74) is 0.771. The Balaban J connectivity index is 2.39. The Kier molecular flexibility index (Phi) is 5.80. The van der Waals surface area contributed by atoms with Crippen molar-refractivity contribution in [1.29, 1.82) is 0 Å². The molecule has 0 heterocycles. The van der Waals surface area contributed by atoms with Crippen molar-refractivity contribution in [1.82, 2.24) is 5.32 Å². The summed E-state index contributed by atoms with van der Waals surface area (Å²) >= 11 is 2.19. The number of amides is 1. The van der Waals surface area contributed by atoms with Crippen LogP contribution in [0.2, 0.25) is 0 Å². The number of benzene rings is 1. The SMILES string of the molecule is CC(C)CCCNC(=O)c1ccccc1I. The molecule has 1 aromatic rings. The van der Waals surface area contributed by atoms with Gasteiger partial charge in [0, 0.05) is 10.1 Å². The molecule has 0 unspecified atom stereocenters. The lowest BCUT2D eigenvalue weighted by Crippen LogP contribution is -2.25. The van der Waals surface area contributed by atoms with Crippen LogP contribution in [0.3, 0.4) is 0 Å². The highest BCUT2D eigenvalue weighted by molar-refractivity contribution is 14.1. The van der Waals surface area contributed by atoms with E-state index in [1.807, 2.05) is 24.3 Å². The predicted octanol–water partition coefficient (Wildman–Crippen LogP) is 3.46. The number of carbonyl (C=O) groups excluding carboxylic acids is 1. The van der Waals surface area contributed by atoms with Gasteiger partial charge in [0.15, 0.2) is 0 Å². The van der Waals surface area contributed by atoms with Crippen LogP contribution in [-0.4, -0.2) is 12.5 Å². The molecule has 0 saturated heterocycles. The van der Waals surface area contributed by atoms with Crippen molar-refractivity contribution in [2.45, 2.75) is 26.7 Å². The molecular formula is C13H18INO. The molecule has 88 valence electrons. The molecule has 0 bridgehead atoms. The smallest absolute Gasteiger partial charge is 0.252 e. The number of rotatable bonds is 5. The monoisotopic (exact) mass is 331 g/mol. The largest absolute Gasteiger partial charge is 0.352 e. The fourth-order valence-electron chi connectivity index (χ4n) is 1.45. The Morgan fingerprint density at radius 3 is 2.69 bits per heavy atom. The summed E-state index contributed by atoms with van der Waals surface area (Å²) < 4.78 is 1.00.